The number of halogens is 6. The Morgan fingerprint density at radius 3 is 2.05 bits per heavy atom. The van der Waals surface area contributed by atoms with Gasteiger partial charge in [-0.3, -0.25) is 9.35 Å². The van der Waals surface area contributed by atoms with E-state index in [-0.39, 0.29) is 12.3 Å². The Bertz CT molecular complexity index is 420. The fourth-order valence-corrected chi connectivity index (χ4v) is 1.45. The molecule has 0 amide bonds. The van der Waals surface area contributed by atoms with Gasteiger partial charge < -0.3 is 4.74 Å². The molecule has 114 valence electrons. The van der Waals surface area contributed by atoms with Crippen LogP contribution >= 0.6 is 11.6 Å². The summed E-state index contributed by atoms with van der Waals surface area (Å²) in [5, 5.41) is -5.71. The molecular formula is C7H8ClF5O5S. The van der Waals surface area contributed by atoms with Gasteiger partial charge in [-0.05, 0) is 6.42 Å². The summed E-state index contributed by atoms with van der Waals surface area (Å²) in [6.07, 6.45) is -11.0. The highest BCUT2D eigenvalue weighted by atomic mass is 35.5. The van der Waals surface area contributed by atoms with Crippen molar-refractivity contribution >= 4 is 27.7 Å². The van der Waals surface area contributed by atoms with Gasteiger partial charge in [0.25, 0.3) is 6.10 Å². The van der Waals surface area contributed by atoms with Crippen molar-refractivity contribution < 1.29 is 44.5 Å². The van der Waals surface area contributed by atoms with Gasteiger partial charge in [0.2, 0.25) is 0 Å². The van der Waals surface area contributed by atoms with Gasteiger partial charge in [-0.2, -0.15) is 30.4 Å². The van der Waals surface area contributed by atoms with Gasteiger partial charge >= 0.3 is 27.5 Å². The first kappa shape index (κ1) is 18.3. The standard InChI is InChI=1S/C7H8ClF5O5S/c8-3-1-2-4(14)18-5(6(9,10)11)7(12,13)19(15,16)17/h5H,1-3H2,(H,15,16,17). The second kappa shape index (κ2) is 6.18. The zero-order valence-electron chi connectivity index (χ0n) is 8.95. The Kier molecular flexibility index (Phi) is 5.96. The van der Waals surface area contributed by atoms with Crippen LogP contribution < -0.4 is 0 Å². The molecule has 0 spiro atoms. The highest BCUT2D eigenvalue weighted by Crippen LogP contribution is 2.38. The Morgan fingerprint density at radius 2 is 1.74 bits per heavy atom. The van der Waals surface area contributed by atoms with Crippen LogP contribution in [0.3, 0.4) is 0 Å². The van der Waals surface area contributed by atoms with E-state index >= 15 is 0 Å². The van der Waals surface area contributed by atoms with Gasteiger partial charge in [-0.1, -0.05) is 0 Å². The Hall–Kier alpha value is -0.680. The summed E-state index contributed by atoms with van der Waals surface area (Å²) in [7, 11) is -6.41. The molecule has 12 heteroatoms. The summed E-state index contributed by atoms with van der Waals surface area (Å²) in [5.41, 5.74) is 0. The molecule has 0 aromatic rings. The third-order valence-corrected chi connectivity index (χ3v) is 2.88. The van der Waals surface area contributed by atoms with Crippen molar-refractivity contribution in [2.45, 2.75) is 30.4 Å². The van der Waals surface area contributed by atoms with E-state index in [9.17, 15) is 35.2 Å². The number of rotatable bonds is 6. The maximum absolute atomic E-state index is 12.9. The zero-order valence-corrected chi connectivity index (χ0v) is 10.5. The lowest BCUT2D eigenvalue weighted by molar-refractivity contribution is -0.259. The highest BCUT2D eigenvalue weighted by Gasteiger charge is 2.65. The molecule has 0 heterocycles. The van der Waals surface area contributed by atoms with Crippen molar-refractivity contribution in [3.63, 3.8) is 0 Å². The number of hydrogen-bond acceptors (Lipinski definition) is 4. The van der Waals surface area contributed by atoms with Crippen LogP contribution in [-0.4, -0.2) is 42.4 Å². The molecule has 0 saturated carbocycles. The molecule has 0 rings (SSSR count). The van der Waals surface area contributed by atoms with Crippen LogP contribution in [0.4, 0.5) is 22.0 Å². The molecule has 19 heavy (non-hydrogen) atoms. The van der Waals surface area contributed by atoms with E-state index in [2.05, 4.69) is 4.74 Å². The van der Waals surface area contributed by atoms with E-state index in [0.29, 0.717) is 0 Å². The molecule has 0 aromatic carbocycles. The topological polar surface area (TPSA) is 80.7 Å². The monoisotopic (exact) mass is 334 g/mol. The molecule has 1 N–H and O–H groups in total. The number of hydrogen-bond donors (Lipinski definition) is 1. The second-order valence-corrected chi connectivity index (χ2v) is 5.11. The Balaban J connectivity index is 5.22. The van der Waals surface area contributed by atoms with Crippen molar-refractivity contribution in [1.82, 2.24) is 0 Å². The normalized spacial score (nSPS) is 15.1. The van der Waals surface area contributed by atoms with Crippen molar-refractivity contribution in [3.8, 4) is 0 Å². The van der Waals surface area contributed by atoms with E-state index < -0.39 is 40.0 Å². The lowest BCUT2D eigenvalue weighted by Crippen LogP contribution is -2.52. The van der Waals surface area contributed by atoms with Gasteiger partial charge in [0.05, 0.1) is 0 Å². The fourth-order valence-electron chi connectivity index (χ4n) is 0.863. The molecule has 5 nitrogen and oxygen atoms in total. The predicted octanol–water partition coefficient (Wildman–Crippen LogP) is 1.96. The van der Waals surface area contributed by atoms with E-state index in [0.717, 1.165) is 0 Å². The summed E-state index contributed by atoms with van der Waals surface area (Å²) in [6.45, 7) is 0. The summed E-state index contributed by atoms with van der Waals surface area (Å²) in [6, 6.07) is 0. The van der Waals surface area contributed by atoms with Crippen LogP contribution in [0.15, 0.2) is 0 Å². The van der Waals surface area contributed by atoms with Crippen molar-refractivity contribution in [1.29, 1.82) is 0 Å². The largest absolute Gasteiger partial charge is 0.445 e. The van der Waals surface area contributed by atoms with Gasteiger partial charge in [0, 0.05) is 12.3 Å². The molecule has 0 aromatic heterocycles. The van der Waals surface area contributed by atoms with Crippen LogP contribution in [0.5, 0.6) is 0 Å². The molecule has 1 atom stereocenters. The molecule has 1 unspecified atom stereocenters. The molecule has 0 saturated heterocycles. The van der Waals surface area contributed by atoms with Crippen LogP contribution in [-0.2, 0) is 19.6 Å². The molecule has 0 aliphatic rings. The highest BCUT2D eigenvalue weighted by molar-refractivity contribution is 7.86. The second-order valence-electron chi connectivity index (χ2n) is 3.24. The summed E-state index contributed by atoms with van der Waals surface area (Å²) in [5.74, 6) is -1.85. The van der Waals surface area contributed by atoms with Crippen molar-refractivity contribution in [3.05, 3.63) is 0 Å². The van der Waals surface area contributed by atoms with Crippen molar-refractivity contribution in [2.24, 2.45) is 0 Å². The van der Waals surface area contributed by atoms with Crippen LogP contribution in [0.1, 0.15) is 12.8 Å². The first-order chi connectivity index (χ1) is 8.34. The smallest absolute Gasteiger partial charge is 0.432 e. The number of alkyl halides is 6. The van der Waals surface area contributed by atoms with Crippen LogP contribution in [0.25, 0.3) is 0 Å². The lowest BCUT2D eigenvalue weighted by atomic mass is 10.3. The first-order valence-corrected chi connectivity index (χ1v) is 6.48. The van der Waals surface area contributed by atoms with Gasteiger partial charge in [0.1, 0.15) is 0 Å². The van der Waals surface area contributed by atoms with Gasteiger partial charge in [-0.15, -0.1) is 11.6 Å². The van der Waals surface area contributed by atoms with E-state index in [1.54, 1.807) is 0 Å². The summed E-state index contributed by atoms with van der Waals surface area (Å²) >= 11 is 5.12. The van der Waals surface area contributed by atoms with E-state index in [1.165, 1.54) is 0 Å². The number of carbonyl (C=O) groups excluding carboxylic acids is 1. The molecule has 0 bridgehead atoms. The molecule has 0 radical (unpaired) electrons. The maximum Gasteiger partial charge on any atom is 0.432 e. The SMILES string of the molecule is O=C(CCCCl)OC(C(F)(F)F)C(F)(F)S(=O)(=O)O. The zero-order chi connectivity index (χ0) is 15.5. The minimum absolute atomic E-state index is 0.138. The summed E-state index contributed by atoms with van der Waals surface area (Å²) < 4.78 is 94.6. The average Bonchev–Trinajstić information content (AvgIpc) is 2.19. The fraction of sp³-hybridized carbons (Fsp3) is 0.857. The summed E-state index contributed by atoms with van der Waals surface area (Å²) in [4.78, 5) is 10.8. The number of carbonyl (C=O) groups is 1. The minimum atomic E-state index is -6.41. The predicted molar refractivity (Wildman–Crippen MR) is 52.4 cm³/mol. The quantitative estimate of drug-likeness (QED) is 0.347. The first-order valence-electron chi connectivity index (χ1n) is 4.51. The van der Waals surface area contributed by atoms with Crippen LogP contribution in [0.2, 0.25) is 0 Å². The Labute approximate surface area is 109 Å². The third kappa shape index (κ3) is 5.07. The number of esters is 1. The maximum atomic E-state index is 12.9. The Morgan fingerprint density at radius 1 is 1.26 bits per heavy atom. The van der Waals surface area contributed by atoms with E-state index in [1.807, 2.05) is 0 Å². The van der Waals surface area contributed by atoms with Crippen molar-refractivity contribution in [2.75, 3.05) is 5.88 Å². The van der Waals surface area contributed by atoms with Gasteiger partial charge in [0.15, 0.2) is 0 Å². The number of ether oxygens (including phenoxy) is 1. The lowest BCUT2D eigenvalue weighted by Gasteiger charge is -2.25. The third-order valence-electron chi connectivity index (χ3n) is 1.71. The molecule has 0 aliphatic heterocycles. The molecule has 0 fully saturated rings. The molecule has 0 aliphatic carbocycles. The molecular weight excluding hydrogens is 327 g/mol. The average molecular weight is 335 g/mol. The van der Waals surface area contributed by atoms with E-state index in [4.69, 9.17) is 16.2 Å². The minimum Gasteiger partial charge on any atom is -0.445 e. The van der Waals surface area contributed by atoms with Gasteiger partial charge in [-0.25, -0.2) is 0 Å². The van der Waals surface area contributed by atoms with Crippen LogP contribution in [0, 0.1) is 0 Å².